The predicted molar refractivity (Wildman–Crippen MR) is 79.4 cm³/mol. The molecule has 6 heteroatoms. The Kier molecular flexibility index (Phi) is 3.37. The first-order valence-corrected chi connectivity index (χ1v) is 7.16. The predicted octanol–water partition coefficient (Wildman–Crippen LogP) is 1.76. The van der Waals surface area contributed by atoms with Crippen LogP contribution in [0.25, 0.3) is 0 Å². The summed E-state index contributed by atoms with van der Waals surface area (Å²) >= 11 is 0. The van der Waals surface area contributed by atoms with Gasteiger partial charge in [-0.1, -0.05) is 13.0 Å². The number of aromatic amines is 1. The number of amides is 1. The molecule has 6 nitrogen and oxygen atoms in total. The molecule has 1 amide bonds. The summed E-state index contributed by atoms with van der Waals surface area (Å²) in [5, 5.41) is 7.34. The minimum Gasteiger partial charge on any atom is -0.329 e. The maximum Gasteiger partial charge on any atom is 0.247 e. The Balaban J connectivity index is 2.10. The van der Waals surface area contributed by atoms with E-state index in [9.17, 15) is 9.59 Å². The Hall–Kier alpha value is -2.37. The molecule has 1 unspecified atom stereocenters. The van der Waals surface area contributed by atoms with E-state index in [1.54, 1.807) is 12.3 Å². The van der Waals surface area contributed by atoms with Gasteiger partial charge in [0.25, 0.3) is 0 Å². The molecule has 110 valence electrons. The third-order valence-corrected chi connectivity index (χ3v) is 3.89. The second-order valence-electron chi connectivity index (χ2n) is 5.36. The van der Waals surface area contributed by atoms with Crippen LogP contribution in [0.4, 0.5) is 5.82 Å². The van der Waals surface area contributed by atoms with Gasteiger partial charge in [0.1, 0.15) is 0 Å². The minimum atomic E-state index is -0.141. The molecule has 1 aliphatic heterocycles. The first-order chi connectivity index (χ1) is 10.1. The van der Waals surface area contributed by atoms with Gasteiger partial charge in [-0.05, 0) is 18.9 Å². The van der Waals surface area contributed by atoms with Gasteiger partial charge in [0, 0.05) is 42.4 Å². The number of carbonyl (C=O) groups excluding carboxylic acids is 1. The number of pyridine rings is 1. The van der Waals surface area contributed by atoms with E-state index in [1.807, 2.05) is 11.6 Å². The van der Waals surface area contributed by atoms with Crippen molar-refractivity contribution in [2.24, 2.45) is 0 Å². The Morgan fingerprint density at radius 3 is 2.86 bits per heavy atom. The zero-order valence-corrected chi connectivity index (χ0v) is 12.1. The van der Waals surface area contributed by atoms with Gasteiger partial charge >= 0.3 is 0 Å². The smallest absolute Gasteiger partial charge is 0.247 e. The summed E-state index contributed by atoms with van der Waals surface area (Å²) in [5.74, 6) is 0.546. The molecule has 0 radical (unpaired) electrons. The lowest BCUT2D eigenvalue weighted by Gasteiger charge is -2.22. The van der Waals surface area contributed by atoms with Crippen LogP contribution in [-0.2, 0) is 11.3 Å². The number of hydrogen-bond donors (Lipinski definition) is 2. The zero-order chi connectivity index (χ0) is 15.0. The Morgan fingerprint density at radius 1 is 1.38 bits per heavy atom. The van der Waals surface area contributed by atoms with Crippen molar-refractivity contribution in [3.05, 3.63) is 45.5 Å². The van der Waals surface area contributed by atoms with Gasteiger partial charge in [-0.15, -0.1) is 0 Å². The fourth-order valence-corrected chi connectivity index (χ4v) is 2.89. The highest BCUT2D eigenvalue weighted by Gasteiger charge is 2.31. The summed E-state index contributed by atoms with van der Waals surface area (Å²) < 4.78 is 1.94. The molecule has 1 aliphatic rings. The monoisotopic (exact) mass is 286 g/mol. The molecule has 2 N–H and O–H groups in total. The maximum absolute atomic E-state index is 11.9. The maximum atomic E-state index is 11.9. The molecule has 0 saturated carbocycles. The number of nitrogens with one attached hydrogen (secondary N) is 2. The minimum absolute atomic E-state index is 0.0418. The standard InChI is InChI=1S/C15H18N4O2/c1-3-6-19-9(2)14-11(7-13(21)17-15(14)18-19)10-4-5-12(20)16-8-10/h4-5,8,11H,3,6-7H2,1-2H3,(H,16,20)(H,17,18,21). The average molecular weight is 286 g/mol. The number of fused-ring (bicyclic) bond motifs is 1. The molecule has 3 rings (SSSR count). The number of hydrogen-bond acceptors (Lipinski definition) is 3. The van der Waals surface area contributed by atoms with Crippen LogP contribution >= 0.6 is 0 Å². The fourth-order valence-electron chi connectivity index (χ4n) is 2.89. The van der Waals surface area contributed by atoms with E-state index in [-0.39, 0.29) is 17.4 Å². The number of H-pyrrole nitrogens is 1. The van der Waals surface area contributed by atoms with E-state index < -0.39 is 0 Å². The Morgan fingerprint density at radius 2 is 2.19 bits per heavy atom. The molecule has 21 heavy (non-hydrogen) atoms. The molecule has 0 spiro atoms. The Labute approximate surface area is 122 Å². The van der Waals surface area contributed by atoms with Gasteiger partial charge in [-0.25, -0.2) is 0 Å². The molecule has 1 atom stereocenters. The Bertz CT molecular complexity index is 724. The van der Waals surface area contributed by atoms with Crippen LogP contribution in [0.15, 0.2) is 23.1 Å². The topological polar surface area (TPSA) is 79.8 Å². The number of aryl methyl sites for hydroxylation is 1. The molecule has 0 bridgehead atoms. The normalized spacial score (nSPS) is 17.4. The number of aromatic nitrogens is 3. The fraction of sp³-hybridized carbons (Fsp3) is 0.400. The third kappa shape index (κ3) is 2.37. The van der Waals surface area contributed by atoms with E-state index in [1.165, 1.54) is 6.07 Å². The number of rotatable bonds is 3. The van der Waals surface area contributed by atoms with Crippen molar-refractivity contribution in [1.29, 1.82) is 0 Å². The zero-order valence-electron chi connectivity index (χ0n) is 12.1. The van der Waals surface area contributed by atoms with Crippen molar-refractivity contribution >= 4 is 11.7 Å². The van der Waals surface area contributed by atoms with E-state index in [2.05, 4.69) is 22.3 Å². The summed E-state index contributed by atoms with van der Waals surface area (Å²) in [6.45, 7) is 4.95. The van der Waals surface area contributed by atoms with E-state index in [0.29, 0.717) is 12.2 Å². The summed E-state index contributed by atoms with van der Waals surface area (Å²) in [6.07, 6.45) is 3.04. The second kappa shape index (κ2) is 5.20. The van der Waals surface area contributed by atoms with Crippen LogP contribution in [0, 0.1) is 6.92 Å². The number of carbonyl (C=O) groups is 1. The van der Waals surface area contributed by atoms with Crippen molar-refractivity contribution in [3.8, 4) is 0 Å². The van der Waals surface area contributed by atoms with Crippen molar-refractivity contribution in [2.45, 2.75) is 39.2 Å². The van der Waals surface area contributed by atoms with E-state index in [4.69, 9.17) is 0 Å². The van der Waals surface area contributed by atoms with Gasteiger partial charge in [-0.3, -0.25) is 14.3 Å². The SMILES string of the molecule is CCCn1nc2c(c1C)C(c1ccc(=O)[nH]c1)CC(=O)N2. The van der Waals surface area contributed by atoms with Crippen LogP contribution in [0.2, 0.25) is 0 Å². The summed E-state index contributed by atoms with van der Waals surface area (Å²) in [4.78, 5) is 25.8. The lowest BCUT2D eigenvalue weighted by molar-refractivity contribution is -0.116. The molecular weight excluding hydrogens is 268 g/mol. The highest BCUT2D eigenvalue weighted by Crippen LogP contribution is 2.38. The van der Waals surface area contributed by atoms with Gasteiger partial charge < -0.3 is 10.3 Å². The molecule has 0 saturated heterocycles. The van der Waals surface area contributed by atoms with Gasteiger partial charge in [-0.2, -0.15) is 5.10 Å². The van der Waals surface area contributed by atoms with Crippen LogP contribution in [0.5, 0.6) is 0 Å². The van der Waals surface area contributed by atoms with Crippen molar-refractivity contribution in [3.63, 3.8) is 0 Å². The molecular formula is C15H18N4O2. The van der Waals surface area contributed by atoms with E-state index >= 15 is 0 Å². The summed E-state index contributed by atoms with van der Waals surface area (Å²) in [7, 11) is 0. The summed E-state index contributed by atoms with van der Waals surface area (Å²) in [6, 6.07) is 3.27. The van der Waals surface area contributed by atoms with Crippen LogP contribution in [-0.4, -0.2) is 20.7 Å². The third-order valence-electron chi connectivity index (χ3n) is 3.89. The number of nitrogens with zero attached hydrogens (tertiary/aromatic N) is 2. The highest BCUT2D eigenvalue weighted by molar-refractivity contribution is 5.94. The van der Waals surface area contributed by atoms with E-state index in [0.717, 1.165) is 29.8 Å². The first-order valence-electron chi connectivity index (χ1n) is 7.16. The molecule has 2 aromatic rings. The molecule has 0 aliphatic carbocycles. The quantitative estimate of drug-likeness (QED) is 0.902. The molecule has 2 aromatic heterocycles. The highest BCUT2D eigenvalue weighted by atomic mass is 16.1. The molecule has 0 fully saturated rings. The molecule has 0 aromatic carbocycles. The summed E-state index contributed by atoms with van der Waals surface area (Å²) in [5.41, 5.74) is 2.92. The van der Waals surface area contributed by atoms with Crippen molar-refractivity contribution in [2.75, 3.05) is 5.32 Å². The average Bonchev–Trinajstić information content (AvgIpc) is 2.76. The van der Waals surface area contributed by atoms with Gasteiger partial charge in [0.2, 0.25) is 11.5 Å². The largest absolute Gasteiger partial charge is 0.329 e. The lowest BCUT2D eigenvalue weighted by Crippen LogP contribution is -2.23. The lowest BCUT2D eigenvalue weighted by atomic mass is 9.86. The van der Waals surface area contributed by atoms with Gasteiger partial charge in [0.15, 0.2) is 5.82 Å². The van der Waals surface area contributed by atoms with Crippen molar-refractivity contribution < 1.29 is 4.79 Å². The van der Waals surface area contributed by atoms with Crippen molar-refractivity contribution in [1.82, 2.24) is 14.8 Å². The van der Waals surface area contributed by atoms with Crippen LogP contribution in [0.3, 0.4) is 0 Å². The molecule has 3 heterocycles. The first kappa shape index (κ1) is 13.6. The van der Waals surface area contributed by atoms with Crippen LogP contribution in [0.1, 0.15) is 42.5 Å². The second-order valence-corrected chi connectivity index (χ2v) is 5.36. The number of anilines is 1. The van der Waals surface area contributed by atoms with Gasteiger partial charge in [0.05, 0.1) is 0 Å². The van der Waals surface area contributed by atoms with Crippen LogP contribution < -0.4 is 10.9 Å².